The number of fused-ring (bicyclic) bond motifs is 1. The van der Waals surface area contributed by atoms with Crippen LogP contribution in [0.4, 0.5) is 0 Å². The second kappa shape index (κ2) is 7.76. The predicted molar refractivity (Wildman–Crippen MR) is 102 cm³/mol. The van der Waals surface area contributed by atoms with Crippen molar-refractivity contribution in [3.05, 3.63) is 41.7 Å². The van der Waals surface area contributed by atoms with Gasteiger partial charge in [-0.1, -0.05) is 6.92 Å². The molecule has 144 valence electrons. The molecule has 0 N–H and O–H groups in total. The van der Waals surface area contributed by atoms with E-state index in [0.29, 0.717) is 12.5 Å². The van der Waals surface area contributed by atoms with E-state index in [0.717, 1.165) is 51.3 Å². The molecule has 2 aliphatic rings. The van der Waals surface area contributed by atoms with Gasteiger partial charge >= 0.3 is 0 Å². The van der Waals surface area contributed by atoms with Gasteiger partial charge in [0.25, 0.3) is 0 Å². The van der Waals surface area contributed by atoms with Crippen LogP contribution in [-0.4, -0.2) is 62.1 Å². The van der Waals surface area contributed by atoms with Crippen molar-refractivity contribution in [2.45, 2.75) is 45.2 Å². The molecular weight excluding hydrogens is 340 g/mol. The molecule has 0 bridgehead atoms. The van der Waals surface area contributed by atoms with Crippen LogP contribution in [0.5, 0.6) is 0 Å². The van der Waals surface area contributed by atoms with Crippen LogP contribution in [0.25, 0.3) is 0 Å². The van der Waals surface area contributed by atoms with Gasteiger partial charge in [0.15, 0.2) is 0 Å². The van der Waals surface area contributed by atoms with Crippen LogP contribution in [0, 0.1) is 5.92 Å². The van der Waals surface area contributed by atoms with Gasteiger partial charge in [-0.2, -0.15) is 5.10 Å². The van der Waals surface area contributed by atoms with Crippen LogP contribution in [0.2, 0.25) is 0 Å². The van der Waals surface area contributed by atoms with Gasteiger partial charge in [-0.05, 0) is 26.0 Å². The average molecular weight is 368 g/mol. The lowest BCUT2D eigenvalue weighted by molar-refractivity contribution is -0.136. The molecule has 0 radical (unpaired) electrons. The Balaban J connectivity index is 1.34. The molecule has 1 atom stereocenters. The third-order valence-electron chi connectivity index (χ3n) is 5.76. The summed E-state index contributed by atoms with van der Waals surface area (Å²) in [5.41, 5.74) is 2.47. The number of amides is 1. The summed E-state index contributed by atoms with van der Waals surface area (Å²) in [5.74, 6) is 1.49. The van der Waals surface area contributed by atoms with Crippen molar-refractivity contribution in [2.75, 3.05) is 26.7 Å². The summed E-state index contributed by atoms with van der Waals surface area (Å²) < 4.78 is 1.83. The van der Waals surface area contributed by atoms with E-state index < -0.39 is 0 Å². The van der Waals surface area contributed by atoms with Crippen molar-refractivity contribution in [3.8, 4) is 0 Å². The second-order valence-electron chi connectivity index (χ2n) is 7.92. The largest absolute Gasteiger partial charge is 0.342 e. The van der Waals surface area contributed by atoms with Gasteiger partial charge in [-0.25, -0.2) is 9.97 Å². The minimum absolute atomic E-state index is 0.0570. The minimum atomic E-state index is -0.0570. The second-order valence-corrected chi connectivity index (χ2v) is 7.92. The fraction of sp³-hybridized carbons (Fsp3) is 0.600. The zero-order valence-electron chi connectivity index (χ0n) is 16.2. The van der Waals surface area contributed by atoms with E-state index in [1.807, 2.05) is 35.0 Å². The average Bonchev–Trinajstić information content (AvgIpc) is 3.20. The molecule has 1 saturated heterocycles. The first-order valence-electron chi connectivity index (χ1n) is 9.89. The summed E-state index contributed by atoms with van der Waals surface area (Å²) in [6.07, 6.45) is 8.55. The molecule has 0 spiro atoms. The Morgan fingerprint density at radius 2 is 2.11 bits per heavy atom. The highest BCUT2D eigenvalue weighted by atomic mass is 16.2. The zero-order chi connectivity index (χ0) is 18.8. The van der Waals surface area contributed by atoms with Gasteiger partial charge in [0, 0.05) is 68.4 Å². The number of hydrogen-bond acceptors (Lipinski definition) is 5. The van der Waals surface area contributed by atoms with Crippen molar-refractivity contribution in [2.24, 2.45) is 5.92 Å². The molecule has 4 rings (SSSR count). The van der Waals surface area contributed by atoms with Gasteiger partial charge in [0.1, 0.15) is 5.82 Å². The normalized spacial score (nSPS) is 19.7. The highest BCUT2D eigenvalue weighted by Gasteiger charge is 2.28. The molecule has 7 heteroatoms. The molecular formula is C20H28N6O. The summed E-state index contributed by atoms with van der Waals surface area (Å²) in [4.78, 5) is 26.6. The first-order chi connectivity index (χ1) is 13.1. The molecule has 2 aliphatic heterocycles. The quantitative estimate of drug-likeness (QED) is 0.822. The lowest BCUT2D eigenvalue weighted by Gasteiger charge is -2.33. The number of piperidine rings is 1. The topological polar surface area (TPSA) is 67.2 Å². The number of likely N-dealkylation sites (tertiary alicyclic amines) is 1. The van der Waals surface area contributed by atoms with E-state index in [1.165, 1.54) is 11.3 Å². The van der Waals surface area contributed by atoms with Crippen molar-refractivity contribution >= 4 is 5.91 Å². The fourth-order valence-corrected chi connectivity index (χ4v) is 4.11. The van der Waals surface area contributed by atoms with Crippen LogP contribution in [0.3, 0.4) is 0 Å². The SMILES string of the molecule is CC(Cn1cccn1)C(=O)N1CCC(c2ncc3c(n2)CCN(C)C3)CC1. The van der Waals surface area contributed by atoms with Crippen LogP contribution in [0.15, 0.2) is 24.7 Å². The first-order valence-corrected chi connectivity index (χ1v) is 9.89. The maximum Gasteiger partial charge on any atom is 0.227 e. The Morgan fingerprint density at radius 3 is 2.85 bits per heavy atom. The molecule has 0 aliphatic carbocycles. The van der Waals surface area contributed by atoms with E-state index in [2.05, 4.69) is 22.0 Å². The van der Waals surface area contributed by atoms with E-state index in [9.17, 15) is 4.79 Å². The number of rotatable bonds is 4. The Hall–Kier alpha value is -2.28. The van der Waals surface area contributed by atoms with Crippen LogP contribution in [-0.2, 0) is 24.3 Å². The van der Waals surface area contributed by atoms with Gasteiger partial charge in [0.2, 0.25) is 5.91 Å². The monoisotopic (exact) mass is 368 g/mol. The van der Waals surface area contributed by atoms with Crippen LogP contribution >= 0.6 is 0 Å². The molecule has 2 aromatic rings. The Labute approximate surface area is 160 Å². The molecule has 0 aromatic carbocycles. The number of nitrogens with zero attached hydrogens (tertiary/aromatic N) is 6. The Kier molecular flexibility index (Phi) is 5.20. The summed E-state index contributed by atoms with van der Waals surface area (Å²) in [5, 5.41) is 4.20. The molecule has 0 saturated carbocycles. The molecule has 1 unspecified atom stereocenters. The Morgan fingerprint density at radius 1 is 1.30 bits per heavy atom. The lowest BCUT2D eigenvalue weighted by Crippen LogP contribution is -2.42. The molecule has 1 amide bonds. The van der Waals surface area contributed by atoms with E-state index in [1.54, 1.807) is 6.20 Å². The number of carbonyl (C=O) groups is 1. The van der Waals surface area contributed by atoms with Gasteiger partial charge < -0.3 is 9.80 Å². The predicted octanol–water partition coefficient (Wildman–Crippen LogP) is 1.70. The van der Waals surface area contributed by atoms with E-state index in [-0.39, 0.29) is 11.8 Å². The van der Waals surface area contributed by atoms with Crippen molar-refractivity contribution < 1.29 is 4.79 Å². The summed E-state index contributed by atoms with van der Waals surface area (Å²) in [7, 11) is 2.14. The molecule has 27 heavy (non-hydrogen) atoms. The summed E-state index contributed by atoms with van der Waals surface area (Å²) in [6, 6.07) is 1.89. The highest BCUT2D eigenvalue weighted by molar-refractivity contribution is 5.78. The number of likely N-dealkylation sites (N-methyl/N-ethyl adjacent to an activating group) is 1. The lowest BCUT2D eigenvalue weighted by atomic mass is 9.94. The smallest absolute Gasteiger partial charge is 0.227 e. The highest BCUT2D eigenvalue weighted by Crippen LogP contribution is 2.27. The van der Waals surface area contributed by atoms with Crippen molar-refractivity contribution in [3.63, 3.8) is 0 Å². The fourth-order valence-electron chi connectivity index (χ4n) is 4.11. The summed E-state index contributed by atoms with van der Waals surface area (Å²) in [6.45, 7) is 6.20. The summed E-state index contributed by atoms with van der Waals surface area (Å²) >= 11 is 0. The van der Waals surface area contributed by atoms with Crippen molar-refractivity contribution in [1.82, 2.24) is 29.5 Å². The number of aromatic nitrogens is 4. The van der Waals surface area contributed by atoms with Crippen LogP contribution in [0.1, 0.15) is 42.8 Å². The maximum absolute atomic E-state index is 12.7. The van der Waals surface area contributed by atoms with E-state index >= 15 is 0 Å². The Bertz CT molecular complexity index is 782. The van der Waals surface area contributed by atoms with E-state index in [4.69, 9.17) is 4.98 Å². The standard InChI is InChI=1S/C20H28N6O/c1-15(13-26-8-3-7-22-26)20(27)25-10-4-16(5-11-25)19-21-12-17-14-24(2)9-6-18(17)23-19/h3,7-8,12,15-16H,4-6,9-11,13-14H2,1-2H3. The van der Waals surface area contributed by atoms with Crippen LogP contribution < -0.4 is 0 Å². The zero-order valence-corrected chi connectivity index (χ0v) is 16.2. The number of carbonyl (C=O) groups excluding carboxylic acids is 1. The molecule has 1 fully saturated rings. The van der Waals surface area contributed by atoms with Gasteiger partial charge in [0.05, 0.1) is 12.5 Å². The molecule has 2 aromatic heterocycles. The minimum Gasteiger partial charge on any atom is -0.342 e. The third kappa shape index (κ3) is 4.03. The van der Waals surface area contributed by atoms with Crippen molar-refractivity contribution in [1.29, 1.82) is 0 Å². The molecule has 4 heterocycles. The number of hydrogen-bond donors (Lipinski definition) is 0. The van der Waals surface area contributed by atoms with Gasteiger partial charge in [-0.3, -0.25) is 9.48 Å². The maximum atomic E-state index is 12.7. The van der Waals surface area contributed by atoms with Gasteiger partial charge in [-0.15, -0.1) is 0 Å². The first kappa shape index (κ1) is 18.1. The third-order valence-corrected chi connectivity index (χ3v) is 5.76. The molecule has 7 nitrogen and oxygen atoms in total.